The number of hydrogen-bond acceptors (Lipinski definition) is 1. The van der Waals surface area contributed by atoms with Crippen molar-refractivity contribution in [3.8, 4) is 0 Å². The number of fused-ring (bicyclic) bond motifs is 2. The van der Waals surface area contributed by atoms with Crippen molar-refractivity contribution in [3.05, 3.63) is 11.6 Å². The molecular formula is C12H18O. The maximum Gasteiger partial charge on any atom is 0.145 e. The normalized spacial score (nSPS) is 36.4. The van der Waals surface area contributed by atoms with E-state index >= 15 is 0 Å². The van der Waals surface area contributed by atoms with Crippen LogP contribution in [0, 0.1) is 17.8 Å². The van der Waals surface area contributed by atoms with E-state index < -0.39 is 0 Å². The maximum atomic E-state index is 10.6. The number of unbranched alkanes of at least 4 members (excludes halogenated alkanes) is 1. The summed E-state index contributed by atoms with van der Waals surface area (Å²) in [6.45, 7) is 2.25. The van der Waals surface area contributed by atoms with E-state index in [1.54, 1.807) is 0 Å². The highest BCUT2D eigenvalue weighted by Gasteiger charge is 2.39. The molecule has 0 saturated heterocycles. The summed E-state index contributed by atoms with van der Waals surface area (Å²) in [5, 5.41) is 0. The summed E-state index contributed by atoms with van der Waals surface area (Å²) in [6.07, 6.45) is 9.90. The molecule has 3 unspecified atom stereocenters. The molecule has 72 valence electrons. The van der Waals surface area contributed by atoms with Gasteiger partial charge in [-0.15, -0.1) is 0 Å². The van der Waals surface area contributed by atoms with E-state index in [9.17, 15) is 4.79 Å². The summed E-state index contributed by atoms with van der Waals surface area (Å²) < 4.78 is 0. The molecule has 0 spiro atoms. The molecule has 13 heavy (non-hydrogen) atoms. The molecule has 0 aliphatic heterocycles. The first-order valence-corrected chi connectivity index (χ1v) is 5.52. The van der Waals surface area contributed by atoms with Crippen LogP contribution >= 0.6 is 0 Å². The molecule has 3 atom stereocenters. The standard InChI is InChI=1S/C12H18O/c1-2-3-4-9-5-11-6-10(9)7-12(11)8-13/h7-11H,2-6H2,1H3. The van der Waals surface area contributed by atoms with Crippen LogP contribution in [0.15, 0.2) is 11.6 Å². The summed E-state index contributed by atoms with van der Waals surface area (Å²) >= 11 is 0. The number of allylic oxidation sites excluding steroid dienone is 2. The summed E-state index contributed by atoms with van der Waals surface area (Å²) in [5.41, 5.74) is 1.10. The van der Waals surface area contributed by atoms with Crippen LogP contribution in [-0.4, -0.2) is 6.29 Å². The van der Waals surface area contributed by atoms with E-state index in [-0.39, 0.29) is 0 Å². The largest absolute Gasteiger partial charge is 0.298 e. The van der Waals surface area contributed by atoms with Gasteiger partial charge in [0, 0.05) is 0 Å². The van der Waals surface area contributed by atoms with Gasteiger partial charge in [0.1, 0.15) is 6.29 Å². The van der Waals surface area contributed by atoms with Crippen LogP contribution in [0.3, 0.4) is 0 Å². The van der Waals surface area contributed by atoms with Crippen molar-refractivity contribution >= 4 is 6.29 Å². The number of carbonyl (C=O) groups excluding carboxylic acids is 1. The molecule has 1 saturated carbocycles. The van der Waals surface area contributed by atoms with Gasteiger partial charge in [-0.1, -0.05) is 25.8 Å². The van der Waals surface area contributed by atoms with Gasteiger partial charge in [-0.2, -0.15) is 0 Å². The Hall–Kier alpha value is -0.590. The Morgan fingerprint density at radius 1 is 1.54 bits per heavy atom. The SMILES string of the molecule is CCCCC1CC2CC1C=C2C=O. The third-order valence-corrected chi connectivity index (χ3v) is 3.69. The zero-order chi connectivity index (χ0) is 9.26. The smallest absolute Gasteiger partial charge is 0.145 e. The van der Waals surface area contributed by atoms with Gasteiger partial charge in [0.2, 0.25) is 0 Å². The van der Waals surface area contributed by atoms with Crippen molar-refractivity contribution in [2.75, 3.05) is 0 Å². The highest BCUT2D eigenvalue weighted by atomic mass is 16.1. The molecule has 0 aromatic heterocycles. The summed E-state index contributed by atoms with van der Waals surface area (Å²) in [6, 6.07) is 0. The maximum absolute atomic E-state index is 10.6. The summed E-state index contributed by atoms with van der Waals surface area (Å²) in [7, 11) is 0. The first kappa shape index (κ1) is 8.98. The molecule has 1 heteroatoms. The first-order chi connectivity index (χ1) is 6.35. The van der Waals surface area contributed by atoms with Crippen molar-refractivity contribution in [3.63, 3.8) is 0 Å². The molecule has 2 bridgehead atoms. The van der Waals surface area contributed by atoms with Crippen molar-refractivity contribution in [1.82, 2.24) is 0 Å². The number of aldehydes is 1. The van der Waals surface area contributed by atoms with Gasteiger partial charge in [-0.3, -0.25) is 4.79 Å². The fraction of sp³-hybridized carbons (Fsp3) is 0.750. The Balaban J connectivity index is 1.93. The van der Waals surface area contributed by atoms with E-state index in [4.69, 9.17) is 0 Å². The Bertz CT molecular complexity index is 229. The van der Waals surface area contributed by atoms with Crippen LogP contribution in [0.2, 0.25) is 0 Å². The van der Waals surface area contributed by atoms with Crippen LogP contribution in [0.25, 0.3) is 0 Å². The fourth-order valence-electron chi connectivity index (χ4n) is 2.95. The first-order valence-electron chi connectivity index (χ1n) is 5.52. The molecule has 0 N–H and O–H groups in total. The Morgan fingerprint density at radius 3 is 2.92 bits per heavy atom. The lowest BCUT2D eigenvalue weighted by Gasteiger charge is -2.18. The minimum absolute atomic E-state index is 0.629. The van der Waals surface area contributed by atoms with Gasteiger partial charge in [0.25, 0.3) is 0 Å². The molecule has 2 aliphatic carbocycles. The molecular weight excluding hydrogens is 160 g/mol. The number of rotatable bonds is 4. The Labute approximate surface area is 80.2 Å². The predicted molar refractivity (Wildman–Crippen MR) is 53.4 cm³/mol. The molecule has 0 heterocycles. The molecule has 0 aromatic carbocycles. The van der Waals surface area contributed by atoms with Gasteiger partial charge in [0.05, 0.1) is 0 Å². The van der Waals surface area contributed by atoms with Crippen molar-refractivity contribution < 1.29 is 4.79 Å². The van der Waals surface area contributed by atoms with Crippen LogP contribution < -0.4 is 0 Å². The predicted octanol–water partition coefficient (Wildman–Crippen LogP) is 2.96. The monoisotopic (exact) mass is 178 g/mol. The van der Waals surface area contributed by atoms with Gasteiger partial charge < -0.3 is 0 Å². The third-order valence-electron chi connectivity index (χ3n) is 3.69. The van der Waals surface area contributed by atoms with Crippen molar-refractivity contribution in [1.29, 1.82) is 0 Å². The molecule has 1 nitrogen and oxygen atoms in total. The zero-order valence-electron chi connectivity index (χ0n) is 8.33. The minimum atomic E-state index is 0.629. The van der Waals surface area contributed by atoms with Gasteiger partial charge in [-0.25, -0.2) is 0 Å². The van der Waals surface area contributed by atoms with Crippen molar-refractivity contribution in [2.45, 2.75) is 39.0 Å². The van der Waals surface area contributed by atoms with Crippen LogP contribution in [0.1, 0.15) is 39.0 Å². The molecule has 1 fully saturated rings. The Morgan fingerprint density at radius 2 is 2.38 bits per heavy atom. The molecule has 0 radical (unpaired) electrons. The van der Waals surface area contributed by atoms with E-state index in [0.717, 1.165) is 23.7 Å². The van der Waals surface area contributed by atoms with E-state index in [1.165, 1.54) is 32.1 Å². The number of hydrogen-bond donors (Lipinski definition) is 0. The topological polar surface area (TPSA) is 17.1 Å². The van der Waals surface area contributed by atoms with E-state index in [1.807, 2.05) is 0 Å². The average Bonchev–Trinajstić information content (AvgIpc) is 2.72. The lowest BCUT2D eigenvalue weighted by molar-refractivity contribution is -0.105. The molecule has 0 amide bonds. The molecule has 2 aliphatic rings. The fourth-order valence-corrected chi connectivity index (χ4v) is 2.95. The van der Waals surface area contributed by atoms with Gasteiger partial charge in [-0.05, 0) is 42.6 Å². The Kier molecular flexibility index (Phi) is 2.52. The number of carbonyl (C=O) groups is 1. The molecule has 0 aromatic rings. The zero-order valence-corrected chi connectivity index (χ0v) is 8.33. The minimum Gasteiger partial charge on any atom is -0.298 e. The second-order valence-electron chi connectivity index (χ2n) is 4.52. The van der Waals surface area contributed by atoms with Gasteiger partial charge in [0.15, 0.2) is 0 Å². The lowest BCUT2D eigenvalue weighted by Crippen LogP contribution is -2.09. The van der Waals surface area contributed by atoms with Crippen molar-refractivity contribution in [2.24, 2.45) is 17.8 Å². The third kappa shape index (κ3) is 1.56. The average molecular weight is 178 g/mol. The second kappa shape index (κ2) is 3.65. The van der Waals surface area contributed by atoms with E-state index in [2.05, 4.69) is 13.0 Å². The van der Waals surface area contributed by atoms with Crippen LogP contribution in [-0.2, 0) is 4.79 Å². The summed E-state index contributed by atoms with van der Waals surface area (Å²) in [4.78, 5) is 10.6. The lowest BCUT2D eigenvalue weighted by atomic mass is 9.86. The quantitative estimate of drug-likeness (QED) is 0.605. The highest BCUT2D eigenvalue weighted by Crippen LogP contribution is 2.48. The van der Waals surface area contributed by atoms with E-state index in [0.29, 0.717) is 5.92 Å². The molecule has 2 rings (SSSR count). The highest BCUT2D eigenvalue weighted by molar-refractivity contribution is 5.75. The summed E-state index contributed by atoms with van der Waals surface area (Å²) in [5.74, 6) is 2.27. The second-order valence-corrected chi connectivity index (χ2v) is 4.52. The van der Waals surface area contributed by atoms with Crippen LogP contribution in [0.4, 0.5) is 0 Å². The van der Waals surface area contributed by atoms with Crippen LogP contribution in [0.5, 0.6) is 0 Å². The van der Waals surface area contributed by atoms with Gasteiger partial charge >= 0.3 is 0 Å².